The van der Waals surface area contributed by atoms with Crippen molar-refractivity contribution in [1.29, 1.82) is 0 Å². The molecule has 0 aliphatic rings. The molecule has 0 fully saturated rings. The third-order valence-corrected chi connectivity index (χ3v) is 6.00. The zero-order valence-corrected chi connectivity index (χ0v) is 20.0. The van der Waals surface area contributed by atoms with E-state index < -0.39 is 5.91 Å². The summed E-state index contributed by atoms with van der Waals surface area (Å²) in [5.74, 6) is -0.781. The third-order valence-electron chi connectivity index (χ3n) is 6.00. The normalized spacial score (nSPS) is 10.7. The van der Waals surface area contributed by atoms with E-state index in [1.54, 1.807) is 17.6 Å². The Morgan fingerprint density at radius 2 is 1.36 bits per heavy atom. The van der Waals surface area contributed by atoms with Crippen LogP contribution in [0.5, 0.6) is 0 Å². The number of hydrogen-bond donors (Lipinski definition) is 4. The summed E-state index contributed by atoms with van der Waals surface area (Å²) >= 11 is 0. The van der Waals surface area contributed by atoms with Crippen LogP contribution >= 0.6 is 0 Å². The molecule has 0 atom stereocenters. The van der Waals surface area contributed by atoms with Crippen molar-refractivity contribution < 1.29 is 14.8 Å². The van der Waals surface area contributed by atoms with E-state index in [-0.39, 0.29) is 5.91 Å². The summed E-state index contributed by atoms with van der Waals surface area (Å²) in [7, 11) is 0. The number of unbranched alkanes of at least 4 members (excludes halogenated alkanes) is 3. The Labute approximate surface area is 210 Å². The molecular formula is C29H30N4O3. The van der Waals surface area contributed by atoms with Gasteiger partial charge in [0, 0.05) is 40.9 Å². The van der Waals surface area contributed by atoms with E-state index in [0.717, 1.165) is 60.1 Å². The average molecular weight is 483 g/mol. The molecule has 0 spiro atoms. The fourth-order valence-electron chi connectivity index (χ4n) is 4.05. The molecule has 184 valence electrons. The molecule has 0 saturated carbocycles. The van der Waals surface area contributed by atoms with Gasteiger partial charge in [0.05, 0.1) is 11.2 Å². The number of anilines is 1. The summed E-state index contributed by atoms with van der Waals surface area (Å²) < 4.78 is 0. The van der Waals surface area contributed by atoms with E-state index in [0.29, 0.717) is 17.7 Å². The van der Waals surface area contributed by atoms with E-state index >= 15 is 0 Å². The molecule has 4 aromatic rings. The first-order valence-corrected chi connectivity index (χ1v) is 12.2. The van der Waals surface area contributed by atoms with Crippen molar-refractivity contribution in [1.82, 2.24) is 15.8 Å². The maximum Gasteiger partial charge on any atom is 0.274 e. The van der Waals surface area contributed by atoms with Gasteiger partial charge in [0.25, 0.3) is 11.8 Å². The molecule has 0 aliphatic heterocycles. The summed E-state index contributed by atoms with van der Waals surface area (Å²) in [5.41, 5.74) is 6.46. The number of para-hydroxylation sites is 1. The lowest BCUT2D eigenvalue weighted by Gasteiger charge is -2.12. The van der Waals surface area contributed by atoms with E-state index in [4.69, 9.17) is 10.2 Å². The molecule has 0 radical (unpaired) electrons. The maximum atomic E-state index is 12.2. The fourth-order valence-corrected chi connectivity index (χ4v) is 4.05. The highest BCUT2D eigenvalue weighted by Crippen LogP contribution is 2.28. The van der Waals surface area contributed by atoms with Crippen molar-refractivity contribution >= 4 is 28.4 Å². The summed E-state index contributed by atoms with van der Waals surface area (Å²) in [6, 6.07) is 26.6. The standard InChI is InChI=1S/C29H30N4O3/c34-28(22-14-16-23(17-15-22)29(35)33-36)31-19-9-2-1-8-18-30-27-20-26(21-10-4-3-5-11-21)32-25-13-7-6-12-24(25)27/h3-7,10-17,20,36H,1-2,8-9,18-19H2,(H,30,32)(H,31,34)(H,33,35). The Morgan fingerprint density at radius 3 is 2.08 bits per heavy atom. The number of hydroxylamine groups is 1. The van der Waals surface area contributed by atoms with Gasteiger partial charge in [0.1, 0.15) is 0 Å². The van der Waals surface area contributed by atoms with Gasteiger partial charge in [0.2, 0.25) is 0 Å². The van der Waals surface area contributed by atoms with Gasteiger partial charge in [-0.3, -0.25) is 14.8 Å². The number of rotatable bonds is 11. The minimum atomic E-state index is -0.606. The fraction of sp³-hybridized carbons (Fsp3) is 0.207. The van der Waals surface area contributed by atoms with Crippen LogP contribution in [-0.2, 0) is 0 Å². The molecule has 4 N–H and O–H groups in total. The van der Waals surface area contributed by atoms with Gasteiger partial charge < -0.3 is 10.6 Å². The smallest absolute Gasteiger partial charge is 0.274 e. The highest BCUT2D eigenvalue weighted by molar-refractivity contribution is 5.97. The van der Waals surface area contributed by atoms with Crippen LogP contribution in [0.1, 0.15) is 46.4 Å². The molecule has 1 heterocycles. The quantitative estimate of drug-likeness (QED) is 0.130. The molecule has 0 bridgehead atoms. The van der Waals surface area contributed by atoms with Crippen LogP contribution in [0.25, 0.3) is 22.2 Å². The van der Waals surface area contributed by atoms with E-state index in [2.05, 4.69) is 34.9 Å². The number of amides is 2. The minimum absolute atomic E-state index is 0.175. The minimum Gasteiger partial charge on any atom is -0.384 e. The predicted octanol–water partition coefficient (Wildman–Crippen LogP) is 5.42. The van der Waals surface area contributed by atoms with E-state index in [1.165, 1.54) is 12.1 Å². The molecule has 4 rings (SSSR count). The molecule has 7 heteroatoms. The molecule has 0 saturated heterocycles. The molecular weight excluding hydrogens is 452 g/mol. The topological polar surface area (TPSA) is 103 Å². The molecule has 36 heavy (non-hydrogen) atoms. The van der Waals surface area contributed by atoms with Gasteiger partial charge in [-0.1, -0.05) is 61.4 Å². The van der Waals surface area contributed by atoms with Crippen molar-refractivity contribution in [3.63, 3.8) is 0 Å². The summed E-state index contributed by atoms with van der Waals surface area (Å²) in [4.78, 5) is 28.4. The second-order valence-electron chi connectivity index (χ2n) is 8.55. The SMILES string of the molecule is O=C(NO)c1ccc(C(=O)NCCCCCCNc2cc(-c3ccccc3)nc3ccccc23)cc1. The zero-order chi connectivity index (χ0) is 25.2. The van der Waals surface area contributed by atoms with Crippen LogP contribution in [-0.4, -0.2) is 35.1 Å². The van der Waals surface area contributed by atoms with Crippen molar-refractivity contribution in [3.8, 4) is 11.3 Å². The van der Waals surface area contributed by atoms with Crippen LogP contribution in [0.2, 0.25) is 0 Å². The number of benzene rings is 3. The number of fused-ring (bicyclic) bond motifs is 1. The first-order chi connectivity index (χ1) is 17.7. The lowest BCUT2D eigenvalue weighted by Crippen LogP contribution is -2.24. The number of pyridine rings is 1. The highest BCUT2D eigenvalue weighted by atomic mass is 16.5. The van der Waals surface area contributed by atoms with Crippen LogP contribution < -0.4 is 16.1 Å². The molecule has 0 aliphatic carbocycles. The summed E-state index contributed by atoms with van der Waals surface area (Å²) in [5, 5.41) is 16.3. The van der Waals surface area contributed by atoms with Gasteiger partial charge in [-0.05, 0) is 49.2 Å². The number of aromatic nitrogens is 1. The zero-order valence-electron chi connectivity index (χ0n) is 20.0. The van der Waals surface area contributed by atoms with Gasteiger partial charge in [-0.2, -0.15) is 0 Å². The van der Waals surface area contributed by atoms with E-state index in [9.17, 15) is 9.59 Å². The Bertz CT molecular complexity index is 1310. The lowest BCUT2D eigenvalue weighted by atomic mass is 10.1. The van der Waals surface area contributed by atoms with Crippen molar-refractivity contribution in [2.45, 2.75) is 25.7 Å². The molecule has 0 unspecified atom stereocenters. The van der Waals surface area contributed by atoms with Crippen molar-refractivity contribution in [2.24, 2.45) is 0 Å². The van der Waals surface area contributed by atoms with E-state index in [1.807, 2.05) is 36.4 Å². The first-order valence-electron chi connectivity index (χ1n) is 12.2. The maximum absolute atomic E-state index is 12.2. The van der Waals surface area contributed by atoms with Crippen LogP contribution in [0.3, 0.4) is 0 Å². The second-order valence-corrected chi connectivity index (χ2v) is 8.55. The predicted molar refractivity (Wildman–Crippen MR) is 142 cm³/mol. The molecule has 7 nitrogen and oxygen atoms in total. The number of carbonyl (C=O) groups excluding carboxylic acids is 2. The molecule has 2 amide bonds. The van der Waals surface area contributed by atoms with Crippen LogP contribution in [0.4, 0.5) is 5.69 Å². The summed E-state index contributed by atoms with van der Waals surface area (Å²) in [6.45, 7) is 1.46. The molecule has 1 aromatic heterocycles. The van der Waals surface area contributed by atoms with Crippen LogP contribution in [0, 0.1) is 0 Å². The Kier molecular flexibility index (Phi) is 8.62. The number of hydrogen-bond acceptors (Lipinski definition) is 5. The van der Waals surface area contributed by atoms with Crippen molar-refractivity contribution in [2.75, 3.05) is 18.4 Å². The first kappa shape index (κ1) is 24.9. The summed E-state index contributed by atoms with van der Waals surface area (Å²) in [6.07, 6.45) is 4.00. The van der Waals surface area contributed by atoms with Gasteiger partial charge in [0.15, 0.2) is 0 Å². The Morgan fingerprint density at radius 1 is 0.722 bits per heavy atom. The monoisotopic (exact) mass is 482 g/mol. The van der Waals surface area contributed by atoms with Crippen molar-refractivity contribution in [3.05, 3.63) is 96.1 Å². The van der Waals surface area contributed by atoms with Crippen LogP contribution in [0.15, 0.2) is 84.9 Å². The Hall–Kier alpha value is -4.23. The number of carbonyl (C=O) groups is 2. The second kappa shape index (κ2) is 12.5. The Balaban J connectivity index is 1.20. The van der Waals surface area contributed by atoms with Gasteiger partial charge in [-0.15, -0.1) is 0 Å². The average Bonchev–Trinajstić information content (AvgIpc) is 2.94. The number of nitrogens with one attached hydrogen (secondary N) is 3. The number of nitrogens with zero attached hydrogens (tertiary/aromatic N) is 1. The highest BCUT2D eigenvalue weighted by Gasteiger charge is 2.09. The largest absolute Gasteiger partial charge is 0.384 e. The molecule has 3 aromatic carbocycles. The third kappa shape index (κ3) is 6.46. The van der Waals surface area contributed by atoms with Gasteiger partial charge >= 0.3 is 0 Å². The van der Waals surface area contributed by atoms with Gasteiger partial charge in [-0.25, -0.2) is 10.5 Å². The lowest BCUT2D eigenvalue weighted by molar-refractivity contribution is 0.0706.